The van der Waals surface area contributed by atoms with E-state index in [0.29, 0.717) is 12.3 Å². The van der Waals surface area contributed by atoms with Gasteiger partial charge in [-0.1, -0.05) is 6.92 Å². The van der Waals surface area contributed by atoms with Gasteiger partial charge in [0.15, 0.2) is 0 Å². The van der Waals surface area contributed by atoms with Gasteiger partial charge in [0, 0.05) is 19.5 Å². The minimum absolute atomic E-state index is 0.200. The minimum atomic E-state index is -0.243. The van der Waals surface area contributed by atoms with Gasteiger partial charge in [0.1, 0.15) is 0 Å². The van der Waals surface area contributed by atoms with Crippen molar-refractivity contribution in [2.45, 2.75) is 25.9 Å². The molecule has 0 aromatic carbocycles. The molecule has 1 saturated heterocycles. The van der Waals surface area contributed by atoms with E-state index >= 15 is 0 Å². The summed E-state index contributed by atoms with van der Waals surface area (Å²) in [5.41, 5.74) is 5.02. The Morgan fingerprint density at radius 3 is 2.77 bits per heavy atom. The quantitative estimate of drug-likeness (QED) is 0.625. The Bertz CT molecular complexity index is 174. The molecule has 0 saturated carbocycles. The van der Waals surface area contributed by atoms with E-state index in [0.717, 1.165) is 26.1 Å². The van der Waals surface area contributed by atoms with Gasteiger partial charge >= 0.3 is 0 Å². The van der Waals surface area contributed by atoms with E-state index in [1.54, 1.807) is 0 Å². The third-order valence-corrected chi connectivity index (χ3v) is 2.55. The highest BCUT2D eigenvalue weighted by atomic mass is 16.3. The number of carbonyl (C=O) groups is 1. The van der Waals surface area contributed by atoms with E-state index in [4.69, 9.17) is 5.73 Å². The number of aliphatic hydroxyl groups is 1. The van der Waals surface area contributed by atoms with Gasteiger partial charge in [0.2, 0.25) is 5.91 Å². The number of amides is 1. The first-order chi connectivity index (χ1) is 6.09. The standard InChI is InChI=1S/C9H18N2O2/c1-7-5-11(6-8(7)12)4-2-3-9(10)13/h7-8,12H,2-6H2,1H3,(H2,10,13). The summed E-state index contributed by atoms with van der Waals surface area (Å²) in [5.74, 6) is 0.112. The monoisotopic (exact) mass is 186 g/mol. The zero-order valence-electron chi connectivity index (χ0n) is 8.07. The molecule has 1 heterocycles. The SMILES string of the molecule is CC1CN(CCCC(N)=O)CC1O. The lowest BCUT2D eigenvalue weighted by Crippen LogP contribution is -2.24. The second-order valence-corrected chi connectivity index (χ2v) is 3.87. The van der Waals surface area contributed by atoms with Crippen LogP contribution >= 0.6 is 0 Å². The Balaban J connectivity index is 2.13. The van der Waals surface area contributed by atoms with Crippen molar-refractivity contribution in [3.05, 3.63) is 0 Å². The Labute approximate surface area is 78.7 Å². The van der Waals surface area contributed by atoms with Crippen molar-refractivity contribution < 1.29 is 9.90 Å². The van der Waals surface area contributed by atoms with Crippen LogP contribution in [0.4, 0.5) is 0 Å². The molecule has 4 nitrogen and oxygen atoms in total. The van der Waals surface area contributed by atoms with Crippen LogP contribution in [0.25, 0.3) is 0 Å². The van der Waals surface area contributed by atoms with Crippen LogP contribution in [0.2, 0.25) is 0 Å². The second kappa shape index (κ2) is 4.58. The first-order valence-corrected chi connectivity index (χ1v) is 4.78. The van der Waals surface area contributed by atoms with Gasteiger partial charge in [0.25, 0.3) is 0 Å². The van der Waals surface area contributed by atoms with Crippen LogP contribution < -0.4 is 5.73 Å². The number of likely N-dealkylation sites (tertiary alicyclic amines) is 1. The summed E-state index contributed by atoms with van der Waals surface area (Å²) < 4.78 is 0. The van der Waals surface area contributed by atoms with Crippen LogP contribution in [0.5, 0.6) is 0 Å². The van der Waals surface area contributed by atoms with Gasteiger partial charge in [-0.25, -0.2) is 0 Å². The highest BCUT2D eigenvalue weighted by molar-refractivity contribution is 5.73. The van der Waals surface area contributed by atoms with Crippen LogP contribution in [0, 0.1) is 5.92 Å². The van der Waals surface area contributed by atoms with Gasteiger partial charge in [-0.2, -0.15) is 0 Å². The van der Waals surface area contributed by atoms with Crippen LogP contribution in [0.15, 0.2) is 0 Å². The lowest BCUT2D eigenvalue weighted by atomic mass is 10.1. The van der Waals surface area contributed by atoms with Crippen LogP contribution in [-0.2, 0) is 4.79 Å². The van der Waals surface area contributed by atoms with Crippen molar-refractivity contribution in [3.63, 3.8) is 0 Å². The number of carbonyl (C=O) groups excluding carboxylic acids is 1. The number of aliphatic hydroxyl groups excluding tert-OH is 1. The number of nitrogens with two attached hydrogens (primary N) is 1. The number of rotatable bonds is 4. The predicted octanol–water partition coefficient (Wildman–Crippen LogP) is -0.435. The maximum absolute atomic E-state index is 10.5. The molecule has 0 bridgehead atoms. The molecule has 2 unspecified atom stereocenters. The maximum Gasteiger partial charge on any atom is 0.217 e. The van der Waals surface area contributed by atoms with Crippen molar-refractivity contribution in [2.24, 2.45) is 11.7 Å². The minimum Gasteiger partial charge on any atom is -0.391 e. The molecule has 3 N–H and O–H groups in total. The topological polar surface area (TPSA) is 66.6 Å². The van der Waals surface area contributed by atoms with Crippen molar-refractivity contribution in [3.8, 4) is 0 Å². The van der Waals surface area contributed by atoms with Gasteiger partial charge in [-0.15, -0.1) is 0 Å². The Hall–Kier alpha value is -0.610. The van der Waals surface area contributed by atoms with Crippen molar-refractivity contribution in [1.82, 2.24) is 4.90 Å². The van der Waals surface area contributed by atoms with E-state index in [1.165, 1.54) is 0 Å². The van der Waals surface area contributed by atoms with E-state index < -0.39 is 0 Å². The zero-order valence-corrected chi connectivity index (χ0v) is 8.07. The molecule has 1 aliphatic heterocycles. The normalized spacial score (nSPS) is 29.4. The average Bonchev–Trinajstić information content (AvgIpc) is 2.30. The number of hydrogen-bond acceptors (Lipinski definition) is 3. The third kappa shape index (κ3) is 3.32. The molecular weight excluding hydrogens is 168 g/mol. The first kappa shape index (κ1) is 10.5. The van der Waals surface area contributed by atoms with Gasteiger partial charge in [0.05, 0.1) is 6.10 Å². The summed E-state index contributed by atoms with van der Waals surface area (Å²) in [6.45, 7) is 4.57. The Morgan fingerprint density at radius 2 is 2.31 bits per heavy atom. The molecule has 0 aliphatic carbocycles. The maximum atomic E-state index is 10.5. The first-order valence-electron chi connectivity index (χ1n) is 4.78. The summed E-state index contributed by atoms with van der Waals surface area (Å²) in [6.07, 6.45) is 1.05. The third-order valence-electron chi connectivity index (χ3n) is 2.55. The number of β-amino-alcohol motifs (C(OH)–C–C–N with tert-alkyl or cyclic N) is 1. The molecule has 76 valence electrons. The smallest absolute Gasteiger partial charge is 0.217 e. The molecule has 1 fully saturated rings. The predicted molar refractivity (Wildman–Crippen MR) is 50.0 cm³/mol. The molecule has 0 spiro atoms. The van der Waals surface area contributed by atoms with Crippen LogP contribution in [0.3, 0.4) is 0 Å². The van der Waals surface area contributed by atoms with Crippen molar-refractivity contribution in [2.75, 3.05) is 19.6 Å². The Morgan fingerprint density at radius 1 is 1.62 bits per heavy atom. The van der Waals surface area contributed by atoms with Crippen molar-refractivity contribution in [1.29, 1.82) is 0 Å². The molecule has 0 aromatic rings. The molecule has 4 heteroatoms. The van der Waals surface area contributed by atoms with Crippen LogP contribution in [0.1, 0.15) is 19.8 Å². The van der Waals surface area contributed by atoms with E-state index in [-0.39, 0.29) is 12.0 Å². The van der Waals surface area contributed by atoms with Gasteiger partial charge < -0.3 is 15.7 Å². The summed E-state index contributed by atoms with van der Waals surface area (Å²) >= 11 is 0. The van der Waals surface area contributed by atoms with E-state index in [1.807, 2.05) is 6.92 Å². The highest BCUT2D eigenvalue weighted by Gasteiger charge is 2.26. The molecule has 0 aromatic heterocycles. The van der Waals surface area contributed by atoms with E-state index in [9.17, 15) is 9.90 Å². The highest BCUT2D eigenvalue weighted by Crippen LogP contribution is 2.16. The fourth-order valence-corrected chi connectivity index (χ4v) is 1.71. The zero-order chi connectivity index (χ0) is 9.84. The molecule has 1 aliphatic rings. The number of primary amides is 1. The average molecular weight is 186 g/mol. The van der Waals surface area contributed by atoms with Gasteiger partial charge in [-0.05, 0) is 18.9 Å². The van der Waals surface area contributed by atoms with Crippen LogP contribution in [-0.4, -0.2) is 41.7 Å². The largest absolute Gasteiger partial charge is 0.391 e. The summed E-state index contributed by atoms with van der Waals surface area (Å²) in [7, 11) is 0. The number of nitrogens with zero attached hydrogens (tertiary/aromatic N) is 1. The molecule has 1 rings (SSSR count). The summed E-state index contributed by atoms with van der Waals surface area (Å²) in [6, 6.07) is 0. The fourth-order valence-electron chi connectivity index (χ4n) is 1.71. The molecule has 0 radical (unpaired) electrons. The number of hydrogen-bond donors (Lipinski definition) is 2. The Kier molecular flexibility index (Phi) is 3.69. The van der Waals surface area contributed by atoms with Crippen molar-refractivity contribution >= 4 is 5.91 Å². The lowest BCUT2D eigenvalue weighted by Gasteiger charge is -2.13. The molecular formula is C9H18N2O2. The summed E-state index contributed by atoms with van der Waals surface area (Å²) in [4.78, 5) is 12.6. The van der Waals surface area contributed by atoms with E-state index in [2.05, 4.69) is 4.90 Å². The fraction of sp³-hybridized carbons (Fsp3) is 0.889. The second-order valence-electron chi connectivity index (χ2n) is 3.87. The lowest BCUT2D eigenvalue weighted by molar-refractivity contribution is -0.118. The molecule has 13 heavy (non-hydrogen) atoms. The summed E-state index contributed by atoms with van der Waals surface area (Å²) in [5, 5.41) is 9.44. The molecule has 1 amide bonds. The molecule has 2 atom stereocenters. The van der Waals surface area contributed by atoms with Gasteiger partial charge in [-0.3, -0.25) is 4.79 Å².